The summed E-state index contributed by atoms with van der Waals surface area (Å²) < 4.78 is 18.0. The van der Waals surface area contributed by atoms with Crippen molar-refractivity contribution in [1.82, 2.24) is 0 Å². The zero-order valence-corrected chi connectivity index (χ0v) is 11.0. The van der Waals surface area contributed by atoms with E-state index in [2.05, 4.69) is 6.92 Å². The molecule has 0 aromatic carbocycles. The number of rotatable bonds is 0. The first-order chi connectivity index (χ1) is 9.03. The quantitative estimate of drug-likeness (QED) is 0.613. The van der Waals surface area contributed by atoms with Crippen LogP contribution in [0, 0.1) is 11.3 Å². The smallest absolute Gasteiger partial charge is 0.175 e. The highest BCUT2D eigenvalue weighted by Gasteiger charge is 2.72. The van der Waals surface area contributed by atoms with Crippen molar-refractivity contribution < 1.29 is 24.4 Å². The van der Waals surface area contributed by atoms with Gasteiger partial charge in [-0.15, -0.1) is 0 Å². The fraction of sp³-hybridized carbons (Fsp3) is 1.00. The maximum absolute atomic E-state index is 10.2. The molecule has 2 saturated heterocycles. The number of hydrogen-bond acceptors (Lipinski definition) is 5. The molecule has 3 aliphatic carbocycles. The molecule has 5 nitrogen and oxygen atoms in total. The molecule has 2 N–H and O–H groups in total. The second-order valence-corrected chi connectivity index (χ2v) is 7.34. The Bertz CT molecular complexity index is 442. The maximum Gasteiger partial charge on any atom is 0.175 e. The van der Waals surface area contributed by atoms with Crippen molar-refractivity contribution in [1.29, 1.82) is 0 Å². The van der Waals surface area contributed by atoms with E-state index < -0.39 is 24.1 Å². The lowest BCUT2D eigenvalue weighted by atomic mass is 9.80. The van der Waals surface area contributed by atoms with Gasteiger partial charge in [0.05, 0.1) is 0 Å². The first-order valence-electron chi connectivity index (χ1n) is 7.40. The van der Waals surface area contributed by atoms with Gasteiger partial charge in [-0.1, -0.05) is 6.92 Å². The van der Waals surface area contributed by atoms with E-state index >= 15 is 0 Å². The molecular formula is C14H20O5. The van der Waals surface area contributed by atoms with Crippen LogP contribution in [0.25, 0.3) is 0 Å². The molecule has 0 amide bonds. The Hall–Kier alpha value is -0.200. The first-order valence-corrected chi connectivity index (χ1v) is 7.40. The Morgan fingerprint density at radius 2 is 1.68 bits per heavy atom. The van der Waals surface area contributed by atoms with E-state index in [1.54, 1.807) is 0 Å². The summed E-state index contributed by atoms with van der Waals surface area (Å²) in [5.41, 5.74) is 0.0596. The van der Waals surface area contributed by atoms with Crippen molar-refractivity contribution >= 4 is 0 Å². The number of aliphatic hydroxyl groups is 2. The summed E-state index contributed by atoms with van der Waals surface area (Å²) in [6, 6.07) is 0. The van der Waals surface area contributed by atoms with E-state index in [0.29, 0.717) is 5.92 Å². The van der Waals surface area contributed by atoms with Gasteiger partial charge in [-0.25, -0.2) is 0 Å². The second-order valence-electron chi connectivity index (χ2n) is 7.34. The lowest BCUT2D eigenvalue weighted by Gasteiger charge is -2.40. The lowest BCUT2D eigenvalue weighted by molar-refractivity contribution is -0.246. The molecule has 2 bridgehead atoms. The summed E-state index contributed by atoms with van der Waals surface area (Å²) in [5, 5.41) is 20.2. The Labute approximate surface area is 111 Å². The van der Waals surface area contributed by atoms with Crippen LogP contribution in [0.1, 0.15) is 32.6 Å². The number of ether oxygens (including phenoxy) is 3. The molecule has 5 fully saturated rings. The van der Waals surface area contributed by atoms with Gasteiger partial charge in [-0.05, 0) is 25.2 Å². The highest BCUT2D eigenvalue weighted by atomic mass is 16.8. The van der Waals surface area contributed by atoms with Crippen molar-refractivity contribution in [3.63, 3.8) is 0 Å². The molecule has 9 atom stereocenters. The van der Waals surface area contributed by atoms with Gasteiger partial charge >= 0.3 is 0 Å². The molecule has 2 aliphatic heterocycles. The predicted molar refractivity (Wildman–Crippen MR) is 63.2 cm³/mol. The highest BCUT2D eigenvalue weighted by molar-refractivity contribution is 5.16. The van der Waals surface area contributed by atoms with E-state index in [9.17, 15) is 10.2 Å². The summed E-state index contributed by atoms with van der Waals surface area (Å²) in [4.78, 5) is 0. The lowest BCUT2D eigenvalue weighted by Crippen LogP contribution is -2.52. The molecule has 19 heavy (non-hydrogen) atoms. The average Bonchev–Trinajstić information content (AvgIpc) is 2.85. The Morgan fingerprint density at radius 3 is 2.37 bits per heavy atom. The van der Waals surface area contributed by atoms with Crippen molar-refractivity contribution in [2.75, 3.05) is 0 Å². The Morgan fingerprint density at radius 1 is 0.947 bits per heavy atom. The summed E-state index contributed by atoms with van der Waals surface area (Å²) >= 11 is 0. The van der Waals surface area contributed by atoms with Crippen LogP contribution in [-0.4, -0.2) is 52.6 Å². The van der Waals surface area contributed by atoms with Crippen LogP contribution in [0.3, 0.4) is 0 Å². The fourth-order valence-electron chi connectivity index (χ4n) is 5.07. The standard InChI is InChI=1S/C14H20O5/c1-13-3-2-6(4-13)5-14(13)18-10-8(16)7(15)9-11(17-9)12(10)19-14/h6-12,15-16H,2-5H2,1H3/t6-,7?,8?,9?,10?,11?,12?,13+,14+/m0/s1. The molecule has 5 rings (SSSR count). The molecule has 0 aromatic rings. The first kappa shape index (κ1) is 11.5. The summed E-state index contributed by atoms with van der Waals surface area (Å²) in [6.07, 6.45) is 1.74. The fourth-order valence-corrected chi connectivity index (χ4v) is 5.07. The topological polar surface area (TPSA) is 71.5 Å². The molecule has 2 heterocycles. The summed E-state index contributed by atoms with van der Waals surface area (Å²) in [5.74, 6) is 0.135. The minimum Gasteiger partial charge on any atom is -0.387 e. The molecule has 6 unspecified atom stereocenters. The van der Waals surface area contributed by atoms with E-state index in [-0.39, 0.29) is 23.7 Å². The number of aliphatic hydroxyl groups excluding tert-OH is 2. The van der Waals surface area contributed by atoms with Gasteiger partial charge in [0.25, 0.3) is 0 Å². The van der Waals surface area contributed by atoms with Crippen molar-refractivity contribution in [2.24, 2.45) is 11.3 Å². The van der Waals surface area contributed by atoms with Gasteiger partial charge in [0.2, 0.25) is 0 Å². The van der Waals surface area contributed by atoms with Crippen LogP contribution < -0.4 is 0 Å². The van der Waals surface area contributed by atoms with E-state index in [1.165, 1.54) is 6.42 Å². The largest absolute Gasteiger partial charge is 0.387 e. The molecule has 5 heteroatoms. The SMILES string of the molecule is C[C@@]12CC[C@@H](C1)C[C@]21OC2C(O)C(O)C3OC3C2O1. The number of fused-ring (bicyclic) bond motifs is 6. The third kappa shape index (κ3) is 1.20. The van der Waals surface area contributed by atoms with Gasteiger partial charge in [-0.3, -0.25) is 0 Å². The van der Waals surface area contributed by atoms with E-state index in [1.807, 2.05) is 0 Å². The molecule has 1 spiro atoms. The van der Waals surface area contributed by atoms with Gasteiger partial charge < -0.3 is 24.4 Å². The highest BCUT2D eigenvalue weighted by Crippen LogP contribution is 2.65. The third-order valence-corrected chi connectivity index (χ3v) is 6.21. The van der Waals surface area contributed by atoms with Crippen molar-refractivity contribution in [3.8, 4) is 0 Å². The molecule has 3 saturated carbocycles. The Balaban J connectivity index is 1.51. The molecule has 106 valence electrons. The monoisotopic (exact) mass is 268 g/mol. The van der Waals surface area contributed by atoms with Gasteiger partial charge in [0.15, 0.2) is 5.79 Å². The van der Waals surface area contributed by atoms with Crippen molar-refractivity contribution in [2.45, 2.75) is 75.0 Å². The number of hydrogen-bond donors (Lipinski definition) is 2. The summed E-state index contributed by atoms with van der Waals surface area (Å²) in [6.45, 7) is 2.24. The van der Waals surface area contributed by atoms with Crippen LogP contribution >= 0.6 is 0 Å². The van der Waals surface area contributed by atoms with Gasteiger partial charge in [0, 0.05) is 11.8 Å². The molecule has 5 aliphatic rings. The molecular weight excluding hydrogens is 248 g/mol. The zero-order chi connectivity index (χ0) is 13.0. The second kappa shape index (κ2) is 3.17. The van der Waals surface area contributed by atoms with Crippen LogP contribution in [0.2, 0.25) is 0 Å². The zero-order valence-electron chi connectivity index (χ0n) is 11.0. The maximum atomic E-state index is 10.2. The van der Waals surface area contributed by atoms with Crippen LogP contribution in [-0.2, 0) is 14.2 Å². The third-order valence-electron chi connectivity index (χ3n) is 6.21. The van der Waals surface area contributed by atoms with Crippen LogP contribution in [0.5, 0.6) is 0 Å². The predicted octanol–water partition coefficient (Wildman–Crippen LogP) is 0.180. The Kier molecular flexibility index (Phi) is 1.91. The minimum atomic E-state index is -0.893. The summed E-state index contributed by atoms with van der Waals surface area (Å²) in [7, 11) is 0. The molecule has 0 radical (unpaired) electrons. The van der Waals surface area contributed by atoms with E-state index in [0.717, 1.165) is 19.3 Å². The van der Waals surface area contributed by atoms with Crippen LogP contribution in [0.15, 0.2) is 0 Å². The van der Waals surface area contributed by atoms with Gasteiger partial charge in [-0.2, -0.15) is 0 Å². The normalized spacial score (nSPS) is 69.3. The van der Waals surface area contributed by atoms with Crippen LogP contribution in [0.4, 0.5) is 0 Å². The average molecular weight is 268 g/mol. The molecule has 0 aromatic heterocycles. The van der Waals surface area contributed by atoms with Gasteiger partial charge in [0.1, 0.15) is 36.6 Å². The minimum absolute atomic E-state index is 0.0596. The van der Waals surface area contributed by atoms with Crippen molar-refractivity contribution in [3.05, 3.63) is 0 Å². The van der Waals surface area contributed by atoms with E-state index in [4.69, 9.17) is 14.2 Å². The number of epoxide rings is 1.